The Morgan fingerprint density at radius 2 is 1.86 bits per heavy atom. The van der Waals surface area contributed by atoms with Gasteiger partial charge in [0, 0.05) is 23.3 Å². The lowest BCUT2D eigenvalue weighted by molar-refractivity contribution is 0.627. The van der Waals surface area contributed by atoms with E-state index in [-0.39, 0.29) is 11.2 Å². The minimum Gasteiger partial charge on any atom is -0.315 e. The fraction of sp³-hybridized carbons (Fsp3) is 0.240. The lowest BCUT2D eigenvalue weighted by atomic mass is 9.87. The van der Waals surface area contributed by atoms with Gasteiger partial charge in [0.05, 0.1) is 17.4 Å². The fourth-order valence-electron chi connectivity index (χ4n) is 5.61. The largest absolute Gasteiger partial charge is 0.315 e. The van der Waals surface area contributed by atoms with E-state index >= 15 is 0 Å². The molecule has 4 heteroatoms. The third-order valence-electron chi connectivity index (χ3n) is 6.94. The molecule has 0 amide bonds. The van der Waals surface area contributed by atoms with Crippen LogP contribution in [0.4, 0.5) is 4.39 Å². The molecule has 0 spiro atoms. The molecule has 3 unspecified atom stereocenters. The Morgan fingerprint density at radius 3 is 2.66 bits per heavy atom. The van der Waals surface area contributed by atoms with Crippen molar-refractivity contribution in [2.45, 2.75) is 18.3 Å². The summed E-state index contributed by atoms with van der Waals surface area (Å²) < 4.78 is 15.2. The standard InChI is InChI=1S/C25H22FN3/c1-16-11-23-18(13-28-29(23)20-9-7-19(26)8-10-20)12-21(16)25-15-27-14-22(25)24(25)17-5-3-2-4-6-17/h2-13,22,24,27H,14-15H2,1H3. The number of fused-ring (bicyclic) bond motifs is 2. The first-order valence-corrected chi connectivity index (χ1v) is 10.2. The molecule has 2 fully saturated rings. The maximum atomic E-state index is 13.3. The van der Waals surface area contributed by atoms with Crippen LogP contribution in [0.15, 0.2) is 72.9 Å². The number of nitrogens with zero attached hydrogens (tertiary/aromatic N) is 2. The molecule has 3 nitrogen and oxygen atoms in total. The maximum absolute atomic E-state index is 13.3. The van der Waals surface area contributed by atoms with E-state index in [0.717, 1.165) is 29.7 Å². The third-order valence-corrected chi connectivity index (χ3v) is 6.94. The van der Waals surface area contributed by atoms with Gasteiger partial charge in [0.15, 0.2) is 0 Å². The molecule has 4 aromatic rings. The maximum Gasteiger partial charge on any atom is 0.123 e. The van der Waals surface area contributed by atoms with Crippen molar-refractivity contribution in [3.63, 3.8) is 0 Å². The SMILES string of the molecule is Cc1cc2c(cnn2-c2ccc(F)cc2)cc1C12CNCC1C2c1ccccc1. The lowest BCUT2D eigenvalue weighted by Gasteiger charge is -2.19. The Hall–Kier alpha value is -2.98. The van der Waals surface area contributed by atoms with Gasteiger partial charge < -0.3 is 5.32 Å². The Labute approximate surface area is 169 Å². The van der Waals surface area contributed by atoms with E-state index in [2.05, 4.69) is 59.8 Å². The van der Waals surface area contributed by atoms with Gasteiger partial charge in [0.2, 0.25) is 0 Å². The van der Waals surface area contributed by atoms with Crippen molar-refractivity contribution in [1.82, 2.24) is 15.1 Å². The van der Waals surface area contributed by atoms with E-state index < -0.39 is 0 Å². The van der Waals surface area contributed by atoms with Crippen LogP contribution in [0, 0.1) is 18.7 Å². The van der Waals surface area contributed by atoms with E-state index in [1.165, 1.54) is 28.8 Å². The second-order valence-electron chi connectivity index (χ2n) is 8.42. The van der Waals surface area contributed by atoms with Gasteiger partial charge in [-0.15, -0.1) is 0 Å². The predicted molar refractivity (Wildman–Crippen MR) is 113 cm³/mol. The molecule has 1 saturated heterocycles. The van der Waals surface area contributed by atoms with Gasteiger partial charge in [-0.3, -0.25) is 0 Å². The van der Waals surface area contributed by atoms with E-state index in [0.29, 0.717) is 11.8 Å². The first-order valence-electron chi connectivity index (χ1n) is 10.2. The number of piperidine rings is 1. The van der Waals surface area contributed by atoms with Crippen molar-refractivity contribution >= 4 is 10.9 Å². The topological polar surface area (TPSA) is 29.9 Å². The average molecular weight is 383 g/mol. The summed E-state index contributed by atoms with van der Waals surface area (Å²) in [7, 11) is 0. The summed E-state index contributed by atoms with van der Waals surface area (Å²) in [5.74, 6) is 0.990. The molecule has 1 saturated carbocycles. The molecule has 1 aromatic heterocycles. The van der Waals surface area contributed by atoms with Crippen molar-refractivity contribution in [2.75, 3.05) is 13.1 Å². The number of benzene rings is 3. The van der Waals surface area contributed by atoms with E-state index in [4.69, 9.17) is 0 Å². The minimum absolute atomic E-state index is 0.178. The quantitative estimate of drug-likeness (QED) is 0.554. The molecule has 3 atom stereocenters. The zero-order chi connectivity index (χ0) is 19.6. The highest BCUT2D eigenvalue weighted by molar-refractivity contribution is 5.83. The van der Waals surface area contributed by atoms with Gasteiger partial charge in [0.1, 0.15) is 5.82 Å². The van der Waals surface area contributed by atoms with Gasteiger partial charge in [0.25, 0.3) is 0 Å². The molecule has 0 bridgehead atoms. The summed E-state index contributed by atoms with van der Waals surface area (Å²) in [4.78, 5) is 0. The van der Waals surface area contributed by atoms with Crippen molar-refractivity contribution in [2.24, 2.45) is 5.92 Å². The molecular weight excluding hydrogens is 361 g/mol. The molecule has 6 rings (SSSR count). The number of aromatic nitrogens is 2. The number of aryl methyl sites for hydroxylation is 1. The highest BCUT2D eigenvalue weighted by Crippen LogP contribution is 2.67. The van der Waals surface area contributed by atoms with Crippen molar-refractivity contribution in [3.05, 3.63) is 95.4 Å². The van der Waals surface area contributed by atoms with E-state index in [1.54, 1.807) is 12.1 Å². The highest BCUT2D eigenvalue weighted by atomic mass is 19.1. The summed E-state index contributed by atoms with van der Waals surface area (Å²) in [6, 6.07) is 22.0. The van der Waals surface area contributed by atoms with Crippen LogP contribution in [0.1, 0.15) is 22.6 Å². The Balaban J connectivity index is 1.46. The van der Waals surface area contributed by atoms with Gasteiger partial charge in [-0.1, -0.05) is 30.3 Å². The second kappa shape index (κ2) is 6.01. The summed E-state index contributed by atoms with van der Waals surface area (Å²) in [5.41, 5.74) is 6.30. The van der Waals surface area contributed by atoms with Crippen LogP contribution in [0.3, 0.4) is 0 Å². The zero-order valence-electron chi connectivity index (χ0n) is 16.3. The van der Waals surface area contributed by atoms with Crippen molar-refractivity contribution in [3.8, 4) is 5.69 Å². The van der Waals surface area contributed by atoms with Crippen LogP contribution in [0.5, 0.6) is 0 Å². The molecular formula is C25H22FN3. The molecule has 0 radical (unpaired) electrons. The fourth-order valence-corrected chi connectivity index (χ4v) is 5.61. The predicted octanol–water partition coefficient (Wildman–Crippen LogP) is 4.73. The van der Waals surface area contributed by atoms with Crippen LogP contribution >= 0.6 is 0 Å². The molecule has 29 heavy (non-hydrogen) atoms. The number of rotatable bonds is 3. The smallest absolute Gasteiger partial charge is 0.123 e. The third kappa shape index (κ3) is 2.36. The summed E-state index contributed by atoms with van der Waals surface area (Å²) in [5, 5.41) is 9.35. The highest BCUT2D eigenvalue weighted by Gasteiger charge is 2.68. The number of nitrogens with one attached hydrogen (secondary N) is 1. The van der Waals surface area contributed by atoms with E-state index in [1.807, 2.05) is 10.9 Å². The summed E-state index contributed by atoms with van der Waals surface area (Å²) in [6.07, 6.45) is 1.93. The Morgan fingerprint density at radius 1 is 1.07 bits per heavy atom. The molecule has 3 aromatic carbocycles. The van der Waals surface area contributed by atoms with Crippen LogP contribution < -0.4 is 5.32 Å². The minimum atomic E-state index is -0.233. The zero-order valence-corrected chi connectivity index (χ0v) is 16.3. The van der Waals surface area contributed by atoms with Crippen LogP contribution in [-0.4, -0.2) is 22.9 Å². The van der Waals surface area contributed by atoms with E-state index in [9.17, 15) is 4.39 Å². The van der Waals surface area contributed by atoms with Gasteiger partial charge in [-0.2, -0.15) is 5.10 Å². The molecule has 2 heterocycles. The number of hydrogen-bond donors (Lipinski definition) is 1. The number of halogens is 1. The summed E-state index contributed by atoms with van der Waals surface area (Å²) >= 11 is 0. The van der Waals surface area contributed by atoms with Gasteiger partial charge in [-0.05, 0) is 72.5 Å². The van der Waals surface area contributed by atoms with Gasteiger partial charge >= 0.3 is 0 Å². The lowest BCUT2D eigenvalue weighted by Crippen LogP contribution is -2.23. The monoisotopic (exact) mass is 383 g/mol. The van der Waals surface area contributed by atoms with Crippen LogP contribution in [-0.2, 0) is 5.41 Å². The van der Waals surface area contributed by atoms with Crippen LogP contribution in [0.2, 0.25) is 0 Å². The first kappa shape index (κ1) is 16.9. The molecule has 1 aliphatic heterocycles. The second-order valence-corrected chi connectivity index (χ2v) is 8.42. The summed E-state index contributed by atoms with van der Waals surface area (Å²) in [6.45, 7) is 4.31. The normalized spacial score (nSPS) is 25.3. The molecule has 1 aliphatic carbocycles. The van der Waals surface area contributed by atoms with Gasteiger partial charge in [-0.25, -0.2) is 9.07 Å². The van der Waals surface area contributed by atoms with Crippen LogP contribution in [0.25, 0.3) is 16.6 Å². The Bertz CT molecular complexity index is 1210. The van der Waals surface area contributed by atoms with Crippen molar-refractivity contribution in [1.29, 1.82) is 0 Å². The average Bonchev–Trinajstić information content (AvgIpc) is 3.03. The first-order chi connectivity index (χ1) is 14.2. The Kier molecular flexibility index (Phi) is 3.51. The number of hydrogen-bond acceptors (Lipinski definition) is 2. The van der Waals surface area contributed by atoms with Crippen molar-refractivity contribution < 1.29 is 4.39 Å². The molecule has 2 aliphatic rings. The molecule has 144 valence electrons. The molecule has 1 N–H and O–H groups in total.